The van der Waals surface area contributed by atoms with Gasteiger partial charge in [0.25, 0.3) is 5.89 Å². The molecule has 21 heavy (non-hydrogen) atoms. The molecule has 0 aliphatic rings. The van der Waals surface area contributed by atoms with Gasteiger partial charge in [-0.1, -0.05) is 12.1 Å². The van der Waals surface area contributed by atoms with Crippen LogP contribution < -0.4 is 9.47 Å². The Morgan fingerprint density at radius 3 is 2.43 bits per heavy atom. The van der Waals surface area contributed by atoms with Crippen LogP contribution in [0, 0.1) is 5.82 Å². The molecule has 1 heterocycles. The number of benzene rings is 2. The second-order valence-electron chi connectivity index (χ2n) is 4.14. The molecule has 106 valence electrons. The highest BCUT2D eigenvalue weighted by Crippen LogP contribution is 2.25. The van der Waals surface area contributed by atoms with Gasteiger partial charge in [-0.3, -0.25) is 0 Å². The second kappa shape index (κ2) is 5.62. The molecule has 0 aliphatic carbocycles. The third kappa shape index (κ3) is 2.84. The smallest absolute Gasteiger partial charge is 0.360 e. The predicted octanol–water partition coefficient (Wildman–Crippen LogP) is 3.68. The van der Waals surface area contributed by atoms with Gasteiger partial charge in [0.05, 0.1) is 12.7 Å². The molecule has 3 rings (SSSR count). The van der Waals surface area contributed by atoms with E-state index in [2.05, 4.69) is 10.1 Å². The molecule has 2 aromatic carbocycles. The zero-order valence-electron chi connectivity index (χ0n) is 11.1. The summed E-state index contributed by atoms with van der Waals surface area (Å²) in [5, 5.41) is 3.67. The largest absolute Gasteiger partial charge is 0.497 e. The zero-order valence-corrected chi connectivity index (χ0v) is 11.1. The van der Waals surface area contributed by atoms with Crippen molar-refractivity contribution in [1.29, 1.82) is 0 Å². The number of ether oxygens (including phenoxy) is 2. The monoisotopic (exact) mass is 286 g/mol. The lowest BCUT2D eigenvalue weighted by Gasteiger charge is -2.01. The van der Waals surface area contributed by atoms with Gasteiger partial charge in [0.1, 0.15) is 17.3 Å². The fraction of sp³-hybridized carbons (Fsp3) is 0.0667. The minimum atomic E-state index is -0.433. The maximum absolute atomic E-state index is 13.6. The van der Waals surface area contributed by atoms with E-state index in [1.54, 1.807) is 49.6 Å². The van der Waals surface area contributed by atoms with Crippen LogP contribution in [0.3, 0.4) is 0 Å². The topological polar surface area (TPSA) is 57.4 Å². The normalized spacial score (nSPS) is 10.4. The minimum Gasteiger partial charge on any atom is -0.497 e. The number of hydrogen-bond donors (Lipinski definition) is 0. The fourth-order valence-electron chi connectivity index (χ4n) is 1.74. The Bertz CT molecular complexity index is 741. The van der Waals surface area contributed by atoms with Gasteiger partial charge in [0, 0.05) is 0 Å². The molecule has 0 aliphatic heterocycles. The predicted molar refractivity (Wildman–Crippen MR) is 72.8 cm³/mol. The molecule has 1 aromatic heterocycles. The molecule has 0 bridgehead atoms. The number of nitrogens with zero attached hydrogens (tertiary/aromatic N) is 2. The van der Waals surface area contributed by atoms with E-state index < -0.39 is 5.82 Å². The van der Waals surface area contributed by atoms with Crippen LogP contribution in [-0.2, 0) is 0 Å². The van der Waals surface area contributed by atoms with Gasteiger partial charge in [-0.05, 0) is 41.6 Å². The van der Waals surface area contributed by atoms with Gasteiger partial charge < -0.3 is 14.0 Å². The van der Waals surface area contributed by atoms with Crippen molar-refractivity contribution in [1.82, 2.24) is 10.1 Å². The van der Waals surface area contributed by atoms with E-state index in [-0.39, 0.29) is 17.5 Å². The summed E-state index contributed by atoms with van der Waals surface area (Å²) in [6, 6.07) is 13.1. The highest BCUT2D eigenvalue weighted by molar-refractivity contribution is 5.53. The molecule has 6 heteroatoms. The van der Waals surface area contributed by atoms with Crippen molar-refractivity contribution in [2.75, 3.05) is 7.11 Å². The number of rotatable bonds is 4. The van der Waals surface area contributed by atoms with E-state index in [0.29, 0.717) is 11.5 Å². The molecular formula is C15H11FN2O3. The average Bonchev–Trinajstić information content (AvgIpc) is 2.97. The Balaban J connectivity index is 1.80. The highest BCUT2D eigenvalue weighted by Gasteiger charge is 2.13. The van der Waals surface area contributed by atoms with Crippen molar-refractivity contribution in [2.45, 2.75) is 0 Å². The van der Waals surface area contributed by atoms with Gasteiger partial charge in [-0.25, -0.2) is 4.39 Å². The van der Waals surface area contributed by atoms with Crippen LogP contribution >= 0.6 is 0 Å². The summed E-state index contributed by atoms with van der Waals surface area (Å²) in [6.45, 7) is 0. The Hall–Kier alpha value is -2.89. The molecule has 3 aromatic rings. The SMILES string of the molecule is COc1ccc(Oc2noc(-c3ccccc3F)n2)cc1. The first-order chi connectivity index (χ1) is 10.3. The van der Waals surface area contributed by atoms with Crippen LogP contribution in [0.5, 0.6) is 17.5 Å². The van der Waals surface area contributed by atoms with Crippen molar-refractivity contribution in [3.63, 3.8) is 0 Å². The van der Waals surface area contributed by atoms with Gasteiger partial charge >= 0.3 is 6.01 Å². The molecule has 5 nitrogen and oxygen atoms in total. The van der Waals surface area contributed by atoms with E-state index in [4.69, 9.17) is 14.0 Å². The van der Waals surface area contributed by atoms with E-state index in [1.807, 2.05) is 0 Å². The Kier molecular flexibility index (Phi) is 3.51. The van der Waals surface area contributed by atoms with E-state index in [0.717, 1.165) is 0 Å². The number of hydrogen-bond acceptors (Lipinski definition) is 5. The number of methoxy groups -OCH3 is 1. The summed E-state index contributed by atoms with van der Waals surface area (Å²) in [5.74, 6) is 0.868. The maximum atomic E-state index is 13.6. The summed E-state index contributed by atoms with van der Waals surface area (Å²) in [4.78, 5) is 4.01. The van der Waals surface area contributed by atoms with E-state index >= 15 is 0 Å². The molecular weight excluding hydrogens is 275 g/mol. The molecule has 0 atom stereocenters. The van der Waals surface area contributed by atoms with Crippen LogP contribution in [0.4, 0.5) is 4.39 Å². The highest BCUT2D eigenvalue weighted by atomic mass is 19.1. The maximum Gasteiger partial charge on any atom is 0.360 e. The molecule has 0 spiro atoms. The van der Waals surface area contributed by atoms with E-state index in [1.165, 1.54) is 6.07 Å². The zero-order chi connectivity index (χ0) is 14.7. The van der Waals surface area contributed by atoms with E-state index in [9.17, 15) is 4.39 Å². The summed E-state index contributed by atoms with van der Waals surface area (Å²) >= 11 is 0. The lowest BCUT2D eigenvalue weighted by molar-refractivity contribution is 0.370. The van der Waals surface area contributed by atoms with Crippen LogP contribution in [0.1, 0.15) is 0 Å². The third-order valence-electron chi connectivity index (χ3n) is 2.78. The average molecular weight is 286 g/mol. The quantitative estimate of drug-likeness (QED) is 0.732. The minimum absolute atomic E-state index is 0.0124. The summed E-state index contributed by atoms with van der Waals surface area (Å²) < 4.78 is 29.1. The fourth-order valence-corrected chi connectivity index (χ4v) is 1.74. The first kappa shape index (κ1) is 13.1. The van der Waals surface area contributed by atoms with Crippen molar-refractivity contribution < 1.29 is 18.4 Å². The summed E-state index contributed by atoms with van der Waals surface area (Å²) in [6.07, 6.45) is 0. The van der Waals surface area contributed by atoms with Crippen molar-refractivity contribution in [2.24, 2.45) is 0 Å². The molecule has 0 saturated heterocycles. The van der Waals surface area contributed by atoms with Crippen LogP contribution in [0.15, 0.2) is 53.1 Å². The second-order valence-corrected chi connectivity index (χ2v) is 4.14. The molecule has 0 saturated carbocycles. The van der Waals surface area contributed by atoms with Crippen molar-refractivity contribution >= 4 is 0 Å². The molecule has 0 fully saturated rings. The molecule has 0 radical (unpaired) electrons. The first-order valence-corrected chi connectivity index (χ1v) is 6.17. The Morgan fingerprint density at radius 1 is 1.00 bits per heavy atom. The first-order valence-electron chi connectivity index (χ1n) is 6.17. The third-order valence-corrected chi connectivity index (χ3v) is 2.78. The van der Waals surface area contributed by atoms with Crippen LogP contribution in [0.25, 0.3) is 11.5 Å². The van der Waals surface area contributed by atoms with Crippen molar-refractivity contribution in [3.05, 3.63) is 54.3 Å². The number of halogens is 1. The number of aromatic nitrogens is 2. The molecule has 0 amide bonds. The summed E-state index contributed by atoms with van der Waals surface area (Å²) in [5.41, 5.74) is 0.231. The van der Waals surface area contributed by atoms with Crippen LogP contribution in [0.2, 0.25) is 0 Å². The standard InChI is InChI=1S/C15H11FN2O3/c1-19-10-6-8-11(9-7-10)20-15-17-14(21-18-15)12-4-2-3-5-13(12)16/h2-9H,1H3. The Labute approximate surface area is 119 Å². The van der Waals surface area contributed by atoms with Crippen molar-refractivity contribution in [3.8, 4) is 29.0 Å². The lowest BCUT2D eigenvalue weighted by atomic mass is 10.2. The lowest BCUT2D eigenvalue weighted by Crippen LogP contribution is -1.88. The van der Waals surface area contributed by atoms with Crippen LogP contribution in [-0.4, -0.2) is 17.3 Å². The van der Waals surface area contributed by atoms with Gasteiger partial charge in [-0.15, -0.1) is 0 Å². The van der Waals surface area contributed by atoms with Gasteiger partial charge in [0.15, 0.2) is 0 Å². The summed E-state index contributed by atoms with van der Waals surface area (Å²) in [7, 11) is 1.58. The van der Waals surface area contributed by atoms with Gasteiger partial charge in [-0.2, -0.15) is 4.98 Å². The van der Waals surface area contributed by atoms with Gasteiger partial charge in [0.2, 0.25) is 0 Å². The molecule has 0 unspecified atom stereocenters. The Morgan fingerprint density at radius 2 is 1.71 bits per heavy atom. The molecule has 0 N–H and O–H groups in total.